The largest absolute Gasteiger partial charge is 0.449 e. The van der Waals surface area contributed by atoms with E-state index in [-0.39, 0.29) is 6.42 Å². The fourth-order valence-corrected chi connectivity index (χ4v) is 3.45. The van der Waals surface area contributed by atoms with Crippen molar-refractivity contribution in [2.24, 2.45) is 0 Å². The van der Waals surface area contributed by atoms with Crippen LogP contribution in [0.1, 0.15) is 41.5 Å². The first-order valence-corrected chi connectivity index (χ1v) is 11.0. The smallest absolute Gasteiger partial charge is 0.290 e. The molecule has 0 heterocycles. The Morgan fingerprint density at radius 2 is 1.21 bits per heavy atom. The molecule has 0 aliphatic carbocycles. The topological polar surface area (TPSA) is 17.1 Å². The summed E-state index contributed by atoms with van der Waals surface area (Å²) in [4.78, 5) is 10.8. The number of unbranched alkanes of at least 4 members (excludes halogenated alkanes) is 1. The van der Waals surface area contributed by atoms with Gasteiger partial charge < -0.3 is 0 Å². The molecule has 0 unspecified atom stereocenters. The SMILES string of the molecule is O=C(CCCCc1ccc(CC=CCc2ccc(CCBr)cc2)cc1)C(F)(F)F. The Morgan fingerprint density at radius 3 is 1.66 bits per heavy atom. The van der Waals surface area contributed by atoms with Gasteiger partial charge in [-0.2, -0.15) is 13.2 Å². The summed E-state index contributed by atoms with van der Waals surface area (Å²) >= 11 is 3.45. The number of hydrogen-bond acceptors (Lipinski definition) is 1. The molecule has 0 saturated heterocycles. The van der Waals surface area contributed by atoms with Crippen LogP contribution < -0.4 is 0 Å². The first-order chi connectivity index (χ1) is 13.9. The van der Waals surface area contributed by atoms with Gasteiger partial charge in [-0.3, -0.25) is 4.79 Å². The van der Waals surface area contributed by atoms with E-state index in [2.05, 4.69) is 64.5 Å². The third kappa shape index (κ3) is 8.99. The molecule has 5 heteroatoms. The quantitative estimate of drug-likeness (QED) is 0.202. The highest BCUT2D eigenvalue weighted by Gasteiger charge is 2.36. The Kier molecular flexibility index (Phi) is 9.65. The number of aryl methyl sites for hydroxylation is 2. The third-order valence-corrected chi connectivity index (χ3v) is 5.13. The van der Waals surface area contributed by atoms with Crippen LogP contribution in [-0.4, -0.2) is 17.3 Å². The second-order valence-electron chi connectivity index (χ2n) is 7.08. The van der Waals surface area contributed by atoms with E-state index in [4.69, 9.17) is 0 Å². The molecule has 2 aromatic carbocycles. The van der Waals surface area contributed by atoms with E-state index in [1.54, 1.807) is 0 Å². The highest BCUT2D eigenvalue weighted by Crippen LogP contribution is 2.20. The van der Waals surface area contributed by atoms with Crippen LogP contribution in [0.4, 0.5) is 13.2 Å². The van der Waals surface area contributed by atoms with Crippen LogP contribution in [0.3, 0.4) is 0 Å². The van der Waals surface area contributed by atoms with Gasteiger partial charge >= 0.3 is 6.18 Å². The molecule has 0 radical (unpaired) electrons. The van der Waals surface area contributed by atoms with Crippen LogP contribution in [-0.2, 0) is 30.5 Å². The van der Waals surface area contributed by atoms with Crippen molar-refractivity contribution in [2.45, 2.75) is 51.1 Å². The van der Waals surface area contributed by atoms with Crippen molar-refractivity contribution in [3.63, 3.8) is 0 Å². The lowest BCUT2D eigenvalue weighted by Gasteiger charge is -2.05. The second kappa shape index (κ2) is 12.0. The molecule has 2 aromatic rings. The second-order valence-corrected chi connectivity index (χ2v) is 7.87. The molecule has 156 valence electrons. The summed E-state index contributed by atoms with van der Waals surface area (Å²) in [6.45, 7) is 0. The summed E-state index contributed by atoms with van der Waals surface area (Å²) < 4.78 is 36.5. The average Bonchev–Trinajstić information content (AvgIpc) is 2.70. The Morgan fingerprint density at radius 1 is 0.759 bits per heavy atom. The molecule has 1 nitrogen and oxygen atoms in total. The van der Waals surface area contributed by atoms with Crippen molar-refractivity contribution in [3.8, 4) is 0 Å². The molecule has 0 saturated carbocycles. The van der Waals surface area contributed by atoms with E-state index in [0.717, 1.165) is 30.2 Å². The summed E-state index contributed by atoms with van der Waals surface area (Å²) in [6, 6.07) is 16.8. The van der Waals surface area contributed by atoms with Crippen LogP contribution in [0.25, 0.3) is 0 Å². The molecular formula is C24H26BrF3O. The Bertz CT molecular complexity index is 777. The maximum absolute atomic E-state index is 12.2. The molecule has 0 aliphatic heterocycles. The zero-order valence-corrected chi connectivity index (χ0v) is 17.9. The summed E-state index contributed by atoms with van der Waals surface area (Å²) in [5.41, 5.74) is 4.91. The Balaban J connectivity index is 1.69. The molecular weight excluding hydrogens is 441 g/mol. The van der Waals surface area contributed by atoms with Gasteiger partial charge in [0.05, 0.1) is 0 Å². The lowest BCUT2D eigenvalue weighted by molar-refractivity contribution is -0.171. The van der Waals surface area contributed by atoms with Gasteiger partial charge in [-0.1, -0.05) is 76.6 Å². The number of carbonyl (C=O) groups excluding carboxylic acids is 1. The summed E-state index contributed by atoms with van der Waals surface area (Å²) in [5, 5.41) is 0.975. The van der Waals surface area contributed by atoms with Gasteiger partial charge in [0.2, 0.25) is 5.78 Å². The van der Waals surface area contributed by atoms with Crippen molar-refractivity contribution in [1.29, 1.82) is 0 Å². The van der Waals surface area contributed by atoms with Gasteiger partial charge in [0.25, 0.3) is 0 Å². The van der Waals surface area contributed by atoms with Crippen molar-refractivity contribution in [2.75, 3.05) is 5.33 Å². The zero-order chi connectivity index (χ0) is 21.1. The molecule has 0 aliphatic rings. The van der Waals surface area contributed by atoms with Gasteiger partial charge in [-0.15, -0.1) is 0 Å². The fraction of sp³-hybridized carbons (Fsp3) is 0.375. The number of ketones is 1. The van der Waals surface area contributed by atoms with Crippen molar-refractivity contribution >= 4 is 21.7 Å². The van der Waals surface area contributed by atoms with Crippen molar-refractivity contribution in [1.82, 2.24) is 0 Å². The number of hydrogen-bond donors (Lipinski definition) is 0. The lowest BCUT2D eigenvalue weighted by Crippen LogP contribution is -2.22. The molecule has 0 N–H and O–H groups in total. The highest BCUT2D eigenvalue weighted by molar-refractivity contribution is 9.09. The summed E-state index contributed by atoms with van der Waals surface area (Å²) in [6.07, 6.45) is 3.53. The minimum absolute atomic E-state index is 0.264. The van der Waals surface area contributed by atoms with Crippen LogP contribution in [0, 0.1) is 0 Å². The van der Waals surface area contributed by atoms with Gasteiger partial charge in [-0.25, -0.2) is 0 Å². The molecule has 29 heavy (non-hydrogen) atoms. The molecule has 0 fully saturated rings. The minimum Gasteiger partial charge on any atom is -0.290 e. The normalized spacial score (nSPS) is 11.9. The molecule has 0 bridgehead atoms. The minimum atomic E-state index is -4.70. The maximum Gasteiger partial charge on any atom is 0.449 e. The van der Waals surface area contributed by atoms with Gasteiger partial charge in [0.1, 0.15) is 0 Å². The highest BCUT2D eigenvalue weighted by atomic mass is 79.9. The van der Waals surface area contributed by atoms with Crippen LogP contribution >= 0.6 is 15.9 Å². The maximum atomic E-state index is 12.2. The molecule has 2 rings (SSSR count). The standard InChI is InChI=1S/C24H26BrF3O/c25-18-17-22-15-13-20(14-16-22)6-2-1-5-19-9-11-21(12-10-19)7-3-4-8-23(29)24(26,27)28/h1-2,9-16H,3-8,17-18H2. The number of rotatable bonds is 11. The molecule has 0 spiro atoms. The van der Waals surface area contributed by atoms with Gasteiger partial charge in [0, 0.05) is 11.8 Å². The van der Waals surface area contributed by atoms with Gasteiger partial charge in [-0.05, 0) is 60.8 Å². The van der Waals surface area contributed by atoms with Crippen LogP contribution in [0.2, 0.25) is 0 Å². The molecule has 0 amide bonds. The third-order valence-electron chi connectivity index (χ3n) is 4.74. The first-order valence-electron chi connectivity index (χ1n) is 9.85. The summed E-state index contributed by atoms with van der Waals surface area (Å²) in [5.74, 6) is -1.63. The number of alkyl halides is 4. The number of benzene rings is 2. The number of halogens is 4. The summed E-state index contributed by atoms with van der Waals surface area (Å²) in [7, 11) is 0. The van der Waals surface area contributed by atoms with Gasteiger partial charge in [0.15, 0.2) is 0 Å². The predicted molar refractivity (Wildman–Crippen MR) is 116 cm³/mol. The van der Waals surface area contributed by atoms with Crippen molar-refractivity contribution in [3.05, 3.63) is 82.9 Å². The Labute approximate surface area is 179 Å². The van der Waals surface area contributed by atoms with Crippen molar-refractivity contribution < 1.29 is 18.0 Å². The monoisotopic (exact) mass is 466 g/mol. The van der Waals surface area contributed by atoms with E-state index in [1.807, 2.05) is 12.1 Å². The zero-order valence-electron chi connectivity index (χ0n) is 16.4. The van der Waals surface area contributed by atoms with E-state index in [1.165, 1.54) is 16.7 Å². The average molecular weight is 467 g/mol. The lowest BCUT2D eigenvalue weighted by atomic mass is 10.0. The first kappa shape index (κ1) is 23.4. The van der Waals surface area contributed by atoms with E-state index in [9.17, 15) is 18.0 Å². The van der Waals surface area contributed by atoms with E-state index < -0.39 is 18.4 Å². The van der Waals surface area contributed by atoms with E-state index >= 15 is 0 Å². The molecule has 0 aromatic heterocycles. The Hall–Kier alpha value is -1.88. The number of allylic oxidation sites excluding steroid dienone is 2. The van der Waals surface area contributed by atoms with Crippen LogP contribution in [0.5, 0.6) is 0 Å². The predicted octanol–water partition coefficient (Wildman–Crippen LogP) is 6.81. The number of carbonyl (C=O) groups is 1. The van der Waals surface area contributed by atoms with E-state index in [0.29, 0.717) is 12.8 Å². The molecule has 0 atom stereocenters. The fourth-order valence-electron chi connectivity index (χ4n) is 2.99. The number of Topliss-reactive ketones (excluding diaryl/α,β-unsaturated/α-hetero) is 1. The van der Waals surface area contributed by atoms with Crippen LogP contribution in [0.15, 0.2) is 60.7 Å².